The fourth-order valence-electron chi connectivity index (χ4n) is 1.09. The van der Waals surface area contributed by atoms with Crippen molar-refractivity contribution >= 4 is 21.6 Å². The van der Waals surface area contributed by atoms with E-state index in [2.05, 4.69) is 17.0 Å². The van der Waals surface area contributed by atoms with Crippen molar-refractivity contribution in [2.24, 2.45) is 7.05 Å². The van der Waals surface area contributed by atoms with E-state index < -0.39 is 15.7 Å². The summed E-state index contributed by atoms with van der Waals surface area (Å²) < 4.78 is 23.3. The van der Waals surface area contributed by atoms with E-state index >= 15 is 0 Å². The summed E-state index contributed by atoms with van der Waals surface area (Å²) in [6.45, 7) is 3.15. The van der Waals surface area contributed by atoms with E-state index in [0.717, 1.165) is 10.1 Å². The van der Waals surface area contributed by atoms with Crippen LogP contribution in [-0.4, -0.2) is 29.9 Å². The Morgan fingerprint density at radius 2 is 2.22 bits per heavy atom. The summed E-state index contributed by atoms with van der Waals surface area (Å²) in [4.78, 5) is 22.5. The molecule has 8 heteroatoms. The highest BCUT2D eigenvalue weighted by Crippen LogP contribution is 2.00. The molecule has 1 rings (SSSR count). The molecular formula is C10H13N3O4S. The number of hydrogen-bond acceptors (Lipinski definition) is 5. The molecule has 0 radical (unpaired) electrons. The number of sulfone groups is 1. The Labute approximate surface area is 104 Å². The SMILES string of the molecule is C=CS(=O)(=O)CCC(=O)Nc1ccc(=O)n(C)n1. The van der Waals surface area contributed by atoms with Gasteiger partial charge in [0.1, 0.15) is 0 Å². The van der Waals surface area contributed by atoms with Crippen molar-refractivity contribution in [1.29, 1.82) is 0 Å². The molecule has 0 aromatic carbocycles. The molecule has 1 N–H and O–H groups in total. The number of aryl methyl sites for hydroxylation is 1. The molecule has 1 heterocycles. The van der Waals surface area contributed by atoms with Gasteiger partial charge in [-0.3, -0.25) is 9.59 Å². The summed E-state index contributed by atoms with van der Waals surface area (Å²) in [6, 6.07) is 2.60. The first kappa shape index (κ1) is 14.1. The zero-order valence-electron chi connectivity index (χ0n) is 9.79. The molecule has 0 bridgehead atoms. The second-order valence-corrected chi connectivity index (χ2v) is 5.58. The van der Waals surface area contributed by atoms with Gasteiger partial charge < -0.3 is 5.32 Å². The maximum atomic E-state index is 11.4. The van der Waals surface area contributed by atoms with Crippen molar-refractivity contribution in [2.45, 2.75) is 6.42 Å². The Morgan fingerprint density at radius 3 is 2.78 bits per heavy atom. The fraction of sp³-hybridized carbons (Fsp3) is 0.300. The van der Waals surface area contributed by atoms with E-state index in [-0.39, 0.29) is 23.6 Å². The molecule has 0 saturated heterocycles. The normalized spacial score (nSPS) is 10.9. The molecule has 0 fully saturated rings. The minimum Gasteiger partial charge on any atom is -0.309 e. The third-order valence-electron chi connectivity index (χ3n) is 2.10. The highest BCUT2D eigenvalue weighted by molar-refractivity contribution is 7.94. The average Bonchev–Trinajstić information content (AvgIpc) is 2.32. The lowest BCUT2D eigenvalue weighted by Crippen LogP contribution is -2.22. The number of nitrogens with one attached hydrogen (secondary N) is 1. The Kier molecular flexibility index (Phi) is 4.38. The van der Waals surface area contributed by atoms with Crippen molar-refractivity contribution in [1.82, 2.24) is 9.78 Å². The summed E-state index contributed by atoms with van der Waals surface area (Å²) in [7, 11) is -1.95. The zero-order chi connectivity index (χ0) is 13.8. The van der Waals surface area contributed by atoms with Crippen molar-refractivity contribution in [2.75, 3.05) is 11.1 Å². The molecule has 0 aliphatic heterocycles. The van der Waals surface area contributed by atoms with Crippen LogP contribution in [0.4, 0.5) is 5.82 Å². The second-order valence-electron chi connectivity index (χ2n) is 3.51. The summed E-state index contributed by atoms with van der Waals surface area (Å²) in [5.74, 6) is -0.613. The molecule has 0 aliphatic carbocycles. The van der Waals surface area contributed by atoms with E-state index in [0.29, 0.717) is 0 Å². The molecule has 1 aromatic rings. The Balaban J connectivity index is 2.63. The smallest absolute Gasteiger partial charge is 0.266 e. The van der Waals surface area contributed by atoms with E-state index in [1.54, 1.807) is 0 Å². The molecule has 0 atom stereocenters. The van der Waals surface area contributed by atoms with Crippen LogP contribution in [0, 0.1) is 0 Å². The lowest BCUT2D eigenvalue weighted by Gasteiger charge is -2.04. The third kappa shape index (κ3) is 4.13. The van der Waals surface area contributed by atoms with Crippen LogP contribution in [0.2, 0.25) is 0 Å². The first-order valence-corrected chi connectivity index (χ1v) is 6.75. The number of anilines is 1. The van der Waals surface area contributed by atoms with Crippen molar-refractivity contribution in [3.63, 3.8) is 0 Å². The monoisotopic (exact) mass is 271 g/mol. The Bertz CT molecular complexity index is 618. The van der Waals surface area contributed by atoms with Crippen LogP contribution < -0.4 is 10.9 Å². The van der Waals surface area contributed by atoms with Crippen LogP contribution in [0.1, 0.15) is 6.42 Å². The lowest BCUT2D eigenvalue weighted by molar-refractivity contribution is -0.115. The standard InChI is InChI=1S/C10H13N3O4S/c1-3-18(16,17)7-6-9(14)11-8-4-5-10(15)13(2)12-8/h3-5H,1,6-7H2,2H3,(H,11,12,14). The third-order valence-corrected chi connectivity index (χ3v) is 3.38. The van der Waals surface area contributed by atoms with Crippen molar-refractivity contribution in [3.8, 4) is 0 Å². The maximum Gasteiger partial charge on any atom is 0.266 e. The topological polar surface area (TPSA) is 98.1 Å². The predicted molar refractivity (Wildman–Crippen MR) is 66.7 cm³/mol. The number of rotatable bonds is 5. The van der Waals surface area contributed by atoms with Crippen LogP contribution in [0.25, 0.3) is 0 Å². The Hall–Kier alpha value is -1.96. The lowest BCUT2D eigenvalue weighted by atomic mass is 10.4. The van der Waals surface area contributed by atoms with E-state index in [1.165, 1.54) is 19.2 Å². The van der Waals surface area contributed by atoms with E-state index in [1.807, 2.05) is 0 Å². The van der Waals surface area contributed by atoms with Gasteiger partial charge >= 0.3 is 0 Å². The van der Waals surface area contributed by atoms with Gasteiger partial charge in [-0.25, -0.2) is 13.1 Å². The van der Waals surface area contributed by atoms with Gasteiger partial charge in [0.25, 0.3) is 5.56 Å². The van der Waals surface area contributed by atoms with Gasteiger partial charge in [0.2, 0.25) is 5.91 Å². The van der Waals surface area contributed by atoms with Gasteiger partial charge in [0.15, 0.2) is 15.7 Å². The van der Waals surface area contributed by atoms with Crippen LogP contribution in [0.5, 0.6) is 0 Å². The molecular weight excluding hydrogens is 258 g/mol. The van der Waals surface area contributed by atoms with Crippen LogP contribution >= 0.6 is 0 Å². The molecule has 18 heavy (non-hydrogen) atoms. The van der Waals surface area contributed by atoms with Gasteiger partial charge in [-0.2, -0.15) is 5.10 Å². The fourth-order valence-corrected chi connectivity index (χ4v) is 1.73. The first-order valence-electron chi connectivity index (χ1n) is 5.03. The predicted octanol–water partition coefficient (Wildman–Crippen LogP) is -0.333. The number of carbonyl (C=O) groups is 1. The maximum absolute atomic E-state index is 11.4. The van der Waals surface area contributed by atoms with Crippen LogP contribution in [0.15, 0.2) is 28.9 Å². The van der Waals surface area contributed by atoms with Gasteiger partial charge in [0.05, 0.1) is 5.75 Å². The van der Waals surface area contributed by atoms with Crippen molar-refractivity contribution in [3.05, 3.63) is 34.5 Å². The molecule has 1 amide bonds. The van der Waals surface area contributed by atoms with Crippen LogP contribution in [-0.2, 0) is 21.7 Å². The molecule has 0 unspecified atom stereocenters. The molecule has 0 spiro atoms. The Morgan fingerprint density at radius 1 is 1.56 bits per heavy atom. The highest BCUT2D eigenvalue weighted by atomic mass is 32.2. The minimum absolute atomic E-state index is 0.193. The summed E-state index contributed by atoms with van der Waals surface area (Å²) >= 11 is 0. The zero-order valence-corrected chi connectivity index (χ0v) is 10.6. The number of aromatic nitrogens is 2. The minimum atomic E-state index is -3.39. The van der Waals surface area contributed by atoms with E-state index in [4.69, 9.17) is 0 Å². The summed E-state index contributed by atoms with van der Waals surface area (Å²) in [5.41, 5.74) is -0.303. The van der Waals surface area contributed by atoms with E-state index in [9.17, 15) is 18.0 Å². The van der Waals surface area contributed by atoms with Gasteiger partial charge in [-0.05, 0) is 6.07 Å². The summed E-state index contributed by atoms with van der Waals surface area (Å²) in [5, 5.41) is 6.99. The molecule has 0 saturated carbocycles. The molecule has 0 aliphatic rings. The highest BCUT2D eigenvalue weighted by Gasteiger charge is 2.10. The number of nitrogens with zero attached hydrogens (tertiary/aromatic N) is 2. The number of hydrogen-bond donors (Lipinski definition) is 1. The number of carbonyl (C=O) groups excluding carboxylic acids is 1. The quantitative estimate of drug-likeness (QED) is 0.790. The molecule has 1 aromatic heterocycles. The molecule has 7 nitrogen and oxygen atoms in total. The van der Waals surface area contributed by atoms with Gasteiger partial charge in [-0.15, -0.1) is 0 Å². The second kappa shape index (κ2) is 5.58. The number of amides is 1. The summed E-state index contributed by atoms with van der Waals surface area (Å²) in [6.07, 6.45) is -0.196. The van der Waals surface area contributed by atoms with Crippen molar-refractivity contribution < 1.29 is 13.2 Å². The van der Waals surface area contributed by atoms with Crippen LogP contribution in [0.3, 0.4) is 0 Å². The average molecular weight is 271 g/mol. The first-order chi connectivity index (χ1) is 8.34. The van der Waals surface area contributed by atoms with Gasteiger partial charge in [-0.1, -0.05) is 6.58 Å². The largest absolute Gasteiger partial charge is 0.309 e. The molecule has 98 valence electrons. The van der Waals surface area contributed by atoms with Gasteiger partial charge in [0, 0.05) is 24.9 Å².